The fourth-order valence-corrected chi connectivity index (χ4v) is 4.97. The quantitative estimate of drug-likeness (QED) is 0.624. The number of sulfonamides is 1. The van der Waals surface area contributed by atoms with Gasteiger partial charge in [-0.1, -0.05) is 29.8 Å². The largest absolute Gasteiger partial charge is 0.352 e. The molecule has 10 heteroatoms. The summed E-state index contributed by atoms with van der Waals surface area (Å²) >= 11 is 5.97. The molecule has 156 valence electrons. The van der Waals surface area contributed by atoms with Gasteiger partial charge in [-0.05, 0) is 42.0 Å². The highest BCUT2D eigenvalue weighted by molar-refractivity contribution is 7.88. The Morgan fingerprint density at radius 3 is 2.43 bits per heavy atom. The Morgan fingerprint density at radius 1 is 0.933 bits per heavy atom. The molecule has 0 saturated carbocycles. The first-order valence-electron chi connectivity index (χ1n) is 9.49. The smallest absolute Gasteiger partial charge is 0.218 e. The van der Waals surface area contributed by atoms with Crippen LogP contribution in [0.15, 0.2) is 60.8 Å². The number of hydrogen-bond donors (Lipinski definition) is 1. The van der Waals surface area contributed by atoms with Gasteiger partial charge < -0.3 is 10.2 Å². The average molecular weight is 445 g/mol. The van der Waals surface area contributed by atoms with Crippen molar-refractivity contribution < 1.29 is 8.42 Å². The number of anilines is 3. The van der Waals surface area contributed by atoms with Crippen molar-refractivity contribution >= 4 is 39.1 Å². The van der Waals surface area contributed by atoms with E-state index in [-0.39, 0.29) is 5.75 Å². The first-order valence-corrected chi connectivity index (χ1v) is 11.5. The molecule has 0 spiro atoms. The average Bonchev–Trinajstić information content (AvgIpc) is 2.75. The van der Waals surface area contributed by atoms with E-state index in [1.54, 1.807) is 30.5 Å². The normalized spacial score (nSPS) is 15.2. The molecule has 2 aromatic heterocycles. The van der Waals surface area contributed by atoms with Crippen molar-refractivity contribution in [3.63, 3.8) is 0 Å². The molecule has 0 bridgehead atoms. The molecule has 0 unspecified atom stereocenters. The Labute approximate surface area is 180 Å². The van der Waals surface area contributed by atoms with E-state index < -0.39 is 10.0 Å². The van der Waals surface area contributed by atoms with Gasteiger partial charge in [-0.25, -0.2) is 13.4 Å². The lowest BCUT2D eigenvalue weighted by atomic mass is 10.2. The number of rotatable bonds is 6. The van der Waals surface area contributed by atoms with Crippen LogP contribution in [0.25, 0.3) is 0 Å². The van der Waals surface area contributed by atoms with E-state index in [1.165, 1.54) is 4.31 Å². The van der Waals surface area contributed by atoms with E-state index in [0.717, 1.165) is 0 Å². The molecule has 1 fully saturated rings. The van der Waals surface area contributed by atoms with Crippen LogP contribution >= 0.6 is 11.6 Å². The Balaban J connectivity index is 1.35. The van der Waals surface area contributed by atoms with E-state index in [1.807, 2.05) is 35.2 Å². The van der Waals surface area contributed by atoms with Gasteiger partial charge >= 0.3 is 0 Å². The second-order valence-corrected chi connectivity index (χ2v) is 9.29. The molecule has 0 radical (unpaired) electrons. The predicted molar refractivity (Wildman–Crippen MR) is 117 cm³/mol. The molecule has 1 N–H and O–H groups in total. The van der Waals surface area contributed by atoms with Gasteiger partial charge in [0, 0.05) is 37.4 Å². The molecule has 1 aromatic carbocycles. The number of nitrogens with zero attached hydrogens (tertiary/aromatic N) is 5. The van der Waals surface area contributed by atoms with Gasteiger partial charge in [-0.15, -0.1) is 10.2 Å². The number of hydrogen-bond acceptors (Lipinski definition) is 7. The Morgan fingerprint density at radius 2 is 1.77 bits per heavy atom. The number of benzene rings is 1. The second kappa shape index (κ2) is 8.95. The van der Waals surface area contributed by atoms with E-state index in [2.05, 4.69) is 20.5 Å². The van der Waals surface area contributed by atoms with Gasteiger partial charge in [-0.3, -0.25) is 0 Å². The summed E-state index contributed by atoms with van der Waals surface area (Å²) in [5.74, 6) is 1.95. The summed E-state index contributed by atoms with van der Waals surface area (Å²) in [6, 6.07) is 16.2. The molecule has 4 rings (SSSR count). The minimum atomic E-state index is -3.41. The number of nitrogens with one attached hydrogen (secondary N) is 1. The van der Waals surface area contributed by atoms with Crippen LogP contribution in [0, 0.1) is 0 Å². The first-order chi connectivity index (χ1) is 14.5. The maximum absolute atomic E-state index is 12.7. The summed E-state index contributed by atoms with van der Waals surface area (Å²) in [5.41, 5.74) is 0.687. The minimum absolute atomic E-state index is 0.0543. The number of halogens is 1. The fraction of sp³-hybridized carbons (Fsp3) is 0.250. The number of aromatic nitrogens is 3. The van der Waals surface area contributed by atoms with Crippen LogP contribution in [-0.2, 0) is 15.8 Å². The summed E-state index contributed by atoms with van der Waals surface area (Å²) in [4.78, 5) is 6.22. The highest BCUT2D eigenvalue weighted by Crippen LogP contribution is 2.20. The topological polar surface area (TPSA) is 91.3 Å². The van der Waals surface area contributed by atoms with Crippen LogP contribution in [0.5, 0.6) is 0 Å². The van der Waals surface area contributed by atoms with Crippen molar-refractivity contribution in [2.24, 2.45) is 0 Å². The third-order valence-corrected chi connectivity index (χ3v) is 6.85. The highest BCUT2D eigenvalue weighted by Gasteiger charge is 2.27. The van der Waals surface area contributed by atoms with Crippen LogP contribution in [0.3, 0.4) is 0 Å². The van der Waals surface area contributed by atoms with Crippen LogP contribution in [0.2, 0.25) is 5.02 Å². The summed E-state index contributed by atoms with van der Waals surface area (Å²) in [7, 11) is -3.41. The second-order valence-electron chi connectivity index (χ2n) is 6.89. The van der Waals surface area contributed by atoms with Gasteiger partial charge in [0.2, 0.25) is 10.0 Å². The lowest BCUT2D eigenvalue weighted by Gasteiger charge is -2.34. The van der Waals surface area contributed by atoms with Crippen LogP contribution in [0.4, 0.5) is 17.5 Å². The van der Waals surface area contributed by atoms with Gasteiger partial charge in [0.05, 0.1) is 5.75 Å². The molecule has 8 nitrogen and oxygen atoms in total. The van der Waals surface area contributed by atoms with E-state index in [0.29, 0.717) is 54.2 Å². The summed E-state index contributed by atoms with van der Waals surface area (Å²) in [6.45, 7) is 1.91. The molecular weight excluding hydrogens is 424 g/mol. The van der Waals surface area contributed by atoms with Crippen molar-refractivity contribution in [2.75, 3.05) is 36.4 Å². The molecule has 30 heavy (non-hydrogen) atoms. The highest BCUT2D eigenvalue weighted by atomic mass is 35.5. The van der Waals surface area contributed by atoms with Crippen molar-refractivity contribution in [3.8, 4) is 0 Å². The van der Waals surface area contributed by atoms with Crippen LogP contribution in [0.1, 0.15) is 5.56 Å². The Hall–Kier alpha value is -2.75. The van der Waals surface area contributed by atoms with E-state index in [9.17, 15) is 8.42 Å². The summed E-state index contributed by atoms with van der Waals surface area (Å²) in [5, 5.41) is 12.1. The molecule has 0 amide bonds. The lowest BCUT2D eigenvalue weighted by molar-refractivity contribution is 0.383. The molecule has 1 saturated heterocycles. The van der Waals surface area contributed by atoms with Crippen LogP contribution < -0.4 is 10.2 Å². The van der Waals surface area contributed by atoms with E-state index >= 15 is 0 Å². The molecule has 0 aliphatic carbocycles. The molecule has 0 atom stereocenters. The lowest BCUT2D eigenvalue weighted by Crippen LogP contribution is -2.49. The number of pyridine rings is 1. The number of piperazine rings is 1. The molecule has 1 aliphatic heterocycles. The van der Waals surface area contributed by atoms with Crippen molar-refractivity contribution in [1.29, 1.82) is 0 Å². The minimum Gasteiger partial charge on any atom is -0.352 e. The molecule has 3 aromatic rings. The standard InChI is InChI=1S/C20H21ClN6O2S/c21-17-5-3-4-16(14-17)15-30(28,29)27-12-10-26(11-13-27)20-8-7-19(24-25-20)23-18-6-1-2-9-22-18/h1-9,14H,10-13,15H2,(H,22,23,24). The molecule has 1 aliphatic rings. The van der Waals surface area contributed by atoms with Crippen molar-refractivity contribution in [3.05, 3.63) is 71.4 Å². The Bertz CT molecular complexity index is 1090. The Kier molecular flexibility index (Phi) is 6.12. The summed E-state index contributed by atoms with van der Waals surface area (Å²) in [6.07, 6.45) is 1.70. The van der Waals surface area contributed by atoms with Crippen LogP contribution in [-0.4, -0.2) is 54.1 Å². The zero-order valence-electron chi connectivity index (χ0n) is 16.1. The van der Waals surface area contributed by atoms with Crippen molar-refractivity contribution in [2.45, 2.75) is 5.75 Å². The fourth-order valence-electron chi connectivity index (χ4n) is 3.25. The first kappa shape index (κ1) is 20.5. The van der Waals surface area contributed by atoms with Gasteiger partial charge in [0.25, 0.3) is 0 Å². The third kappa shape index (κ3) is 5.05. The van der Waals surface area contributed by atoms with Gasteiger partial charge in [-0.2, -0.15) is 4.31 Å². The maximum Gasteiger partial charge on any atom is 0.218 e. The monoisotopic (exact) mass is 444 g/mol. The van der Waals surface area contributed by atoms with Gasteiger partial charge in [0.1, 0.15) is 5.82 Å². The molecule has 3 heterocycles. The van der Waals surface area contributed by atoms with Gasteiger partial charge in [0.15, 0.2) is 11.6 Å². The van der Waals surface area contributed by atoms with Crippen molar-refractivity contribution in [1.82, 2.24) is 19.5 Å². The summed E-state index contributed by atoms with van der Waals surface area (Å²) < 4.78 is 27.0. The maximum atomic E-state index is 12.7. The third-order valence-electron chi connectivity index (χ3n) is 4.77. The van der Waals surface area contributed by atoms with E-state index in [4.69, 9.17) is 11.6 Å². The zero-order chi connectivity index (χ0) is 21.0. The zero-order valence-corrected chi connectivity index (χ0v) is 17.7. The predicted octanol–water partition coefficient (Wildman–Crippen LogP) is 2.92. The molecular formula is C20H21ClN6O2S. The SMILES string of the molecule is O=S(=O)(Cc1cccc(Cl)c1)N1CCN(c2ccc(Nc3ccccn3)nn2)CC1.